The standard InChI is InChI=1S/C24H27N3O6/c1-16-7-9-17(10-8-16)33-14-11-25-22(29)18-5-3-4-6-20(18)26-21-19(24(31)32-2)15-27(12-13-28)23(21)30/h3-10,26,28H,11-15H2,1-2H3,(H,25,29). The van der Waals surface area contributed by atoms with E-state index in [1.807, 2.05) is 31.2 Å². The zero-order valence-electron chi connectivity index (χ0n) is 18.6. The number of rotatable bonds is 10. The smallest absolute Gasteiger partial charge is 0.337 e. The van der Waals surface area contributed by atoms with Crippen LogP contribution in [0.1, 0.15) is 15.9 Å². The summed E-state index contributed by atoms with van der Waals surface area (Å²) in [6.07, 6.45) is 0. The summed E-state index contributed by atoms with van der Waals surface area (Å²) in [7, 11) is 1.23. The largest absolute Gasteiger partial charge is 0.492 e. The molecule has 0 unspecified atom stereocenters. The molecule has 0 saturated heterocycles. The van der Waals surface area contributed by atoms with Gasteiger partial charge in [-0.25, -0.2) is 4.79 Å². The molecule has 33 heavy (non-hydrogen) atoms. The molecule has 1 heterocycles. The van der Waals surface area contributed by atoms with Gasteiger partial charge in [-0.1, -0.05) is 29.8 Å². The van der Waals surface area contributed by atoms with E-state index in [2.05, 4.69) is 10.6 Å². The Morgan fingerprint density at radius 3 is 2.55 bits per heavy atom. The Labute approximate surface area is 192 Å². The lowest BCUT2D eigenvalue weighted by Gasteiger charge is -2.16. The molecule has 2 amide bonds. The van der Waals surface area contributed by atoms with Crippen LogP contribution in [-0.2, 0) is 14.3 Å². The van der Waals surface area contributed by atoms with E-state index in [1.54, 1.807) is 24.3 Å². The molecule has 0 aromatic heterocycles. The summed E-state index contributed by atoms with van der Waals surface area (Å²) in [6, 6.07) is 14.3. The third-order valence-corrected chi connectivity index (χ3v) is 5.06. The van der Waals surface area contributed by atoms with Crippen LogP contribution >= 0.6 is 0 Å². The van der Waals surface area contributed by atoms with E-state index in [4.69, 9.17) is 9.47 Å². The molecule has 1 aliphatic rings. The van der Waals surface area contributed by atoms with Crippen molar-refractivity contribution >= 4 is 23.5 Å². The van der Waals surface area contributed by atoms with Gasteiger partial charge in [-0.15, -0.1) is 0 Å². The monoisotopic (exact) mass is 453 g/mol. The highest BCUT2D eigenvalue weighted by atomic mass is 16.5. The summed E-state index contributed by atoms with van der Waals surface area (Å²) in [6.45, 7) is 2.41. The van der Waals surface area contributed by atoms with Crippen LogP contribution in [0.2, 0.25) is 0 Å². The van der Waals surface area contributed by atoms with Gasteiger partial charge in [-0.3, -0.25) is 9.59 Å². The van der Waals surface area contributed by atoms with Crippen molar-refractivity contribution in [2.24, 2.45) is 0 Å². The average molecular weight is 453 g/mol. The number of nitrogens with zero attached hydrogens (tertiary/aromatic N) is 1. The number of aliphatic hydroxyl groups excluding tert-OH is 1. The molecule has 0 radical (unpaired) electrons. The summed E-state index contributed by atoms with van der Waals surface area (Å²) in [5, 5.41) is 14.9. The maximum absolute atomic E-state index is 12.8. The number of para-hydroxylation sites is 1. The second-order valence-corrected chi connectivity index (χ2v) is 7.38. The van der Waals surface area contributed by atoms with Crippen LogP contribution in [0.15, 0.2) is 59.8 Å². The average Bonchev–Trinajstić information content (AvgIpc) is 3.13. The normalized spacial score (nSPS) is 13.2. The Morgan fingerprint density at radius 2 is 1.85 bits per heavy atom. The van der Waals surface area contributed by atoms with Crippen LogP contribution in [0.4, 0.5) is 5.69 Å². The number of nitrogens with one attached hydrogen (secondary N) is 2. The summed E-state index contributed by atoms with van der Waals surface area (Å²) in [4.78, 5) is 39.0. The van der Waals surface area contributed by atoms with Gasteiger partial charge in [0.25, 0.3) is 11.8 Å². The van der Waals surface area contributed by atoms with Crippen molar-refractivity contribution in [2.75, 3.05) is 45.3 Å². The number of amides is 2. The Bertz CT molecular complexity index is 1050. The SMILES string of the molecule is COC(=O)C1=C(Nc2ccccc2C(=O)NCCOc2ccc(C)cc2)C(=O)N(CCO)C1. The Balaban J connectivity index is 1.68. The van der Waals surface area contributed by atoms with Crippen molar-refractivity contribution in [3.63, 3.8) is 0 Å². The fourth-order valence-corrected chi connectivity index (χ4v) is 3.34. The number of β-amino-alcohol motifs (C(OH)–C–C–N with tert-alkyl or cyclic N) is 1. The molecule has 0 aliphatic carbocycles. The predicted octanol–water partition coefficient (Wildman–Crippen LogP) is 1.48. The van der Waals surface area contributed by atoms with Crippen LogP contribution in [-0.4, -0.2) is 67.7 Å². The number of methoxy groups -OCH3 is 1. The first kappa shape index (κ1) is 23.8. The molecular weight excluding hydrogens is 426 g/mol. The van der Waals surface area contributed by atoms with Crippen molar-refractivity contribution < 1.29 is 29.0 Å². The van der Waals surface area contributed by atoms with Crippen LogP contribution in [0.5, 0.6) is 5.75 Å². The van der Waals surface area contributed by atoms with E-state index < -0.39 is 11.9 Å². The van der Waals surface area contributed by atoms with Crippen molar-refractivity contribution in [3.05, 3.63) is 70.9 Å². The molecule has 9 heteroatoms. The summed E-state index contributed by atoms with van der Waals surface area (Å²) in [5.41, 5.74) is 1.96. The fraction of sp³-hybridized carbons (Fsp3) is 0.292. The fourth-order valence-electron chi connectivity index (χ4n) is 3.34. The number of aliphatic hydroxyl groups is 1. The number of hydrogen-bond acceptors (Lipinski definition) is 7. The quantitative estimate of drug-likeness (QED) is 0.368. The lowest BCUT2D eigenvalue weighted by Crippen LogP contribution is -2.32. The molecule has 9 nitrogen and oxygen atoms in total. The number of carbonyl (C=O) groups excluding carboxylic acids is 3. The molecule has 0 saturated carbocycles. The van der Waals surface area contributed by atoms with E-state index in [0.29, 0.717) is 17.0 Å². The second-order valence-electron chi connectivity index (χ2n) is 7.38. The highest BCUT2D eigenvalue weighted by molar-refractivity contribution is 6.09. The Kier molecular flexibility index (Phi) is 8.04. The number of benzene rings is 2. The van der Waals surface area contributed by atoms with Gasteiger partial charge in [0.2, 0.25) is 0 Å². The second kappa shape index (κ2) is 11.1. The summed E-state index contributed by atoms with van der Waals surface area (Å²) < 4.78 is 10.4. The van der Waals surface area contributed by atoms with Crippen LogP contribution < -0.4 is 15.4 Å². The number of aryl methyl sites for hydroxylation is 1. The van der Waals surface area contributed by atoms with E-state index in [0.717, 1.165) is 5.56 Å². The molecule has 3 N–H and O–H groups in total. The molecule has 0 atom stereocenters. The minimum atomic E-state index is -0.651. The third-order valence-electron chi connectivity index (χ3n) is 5.06. The highest BCUT2D eigenvalue weighted by Crippen LogP contribution is 2.25. The summed E-state index contributed by atoms with van der Waals surface area (Å²) >= 11 is 0. The van der Waals surface area contributed by atoms with Gasteiger partial charge in [-0.2, -0.15) is 0 Å². The first-order valence-electron chi connectivity index (χ1n) is 10.5. The predicted molar refractivity (Wildman–Crippen MR) is 122 cm³/mol. The van der Waals surface area contributed by atoms with Gasteiger partial charge in [0.15, 0.2) is 0 Å². The van der Waals surface area contributed by atoms with E-state index in [9.17, 15) is 19.5 Å². The number of carbonyl (C=O) groups is 3. The van der Waals surface area contributed by atoms with Crippen molar-refractivity contribution in [1.82, 2.24) is 10.2 Å². The van der Waals surface area contributed by atoms with E-state index in [-0.39, 0.29) is 50.0 Å². The zero-order valence-corrected chi connectivity index (χ0v) is 18.6. The maximum Gasteiger partial charge on any atom is 0.337 e. The number of ether oxygens (including phenoxy) is 2. The zero-order chi connectivity index (χ0) is 23.8. The van der Waals surface area contributed by atoms with Gasteiger partial charge >= 0.3 is 5.97 Å². The molecule has 3 rings (SSSR count). The first-order chi connectivity index (χ1) is 15.9. The summed E-state index contributed by atoms with van der Waals surface area (Å²) in [5.74, 6) is -0.748. The first-order valence-corrected chi connectivity index (χ1v) is 10.5. The van der Waals surface area contributed by atoms with Gasteiger partial charge in [0.05, 0.1) is 43.6 Å². The molecule has 0 bridgehead atoms. The molecular formula is C24H27N3O6. The van der Waals surface area contributed by atoms with Crippen LogP contribution in [0, 0.1) is 6.92 Å². The third kappa shape index (κ3) is 5.89. The number of esters is 1. The van der Waals surface area contributed by atoms with Gasteiger partial charge < -0.3 is 30.1 Å². The van der Waals surface area contributed by atoms with Gasteiger partial charge in [0, 0.05) is 6.54 Å². The minimum absolute atomic E-state index is 0.0130. The van der Waals surface area contributed by atoms with Crippen molar-refractivity contribution in [2.45, 2.75) is 6.92 Å². The lowest BCUT2D eigenvalue weighted by atomic mass is 10.1. The van der Waals surface area contributed by atoms with E-state index in [1.165, 1.54) is 12.0 Å². The van der Waals surface area contributed by atoms with E-state index >= 15 is 0 Å². The number of anilines is 1. The van der Waals surface area contributed by atoms with Crippen LogP contribution in [0.3, 0.4) is 0 Å². The van der Waals surface area contributed by atoms with Gasteiger partial charge in [0.1, 0.15) is 18.1 Å². The van der Waals surface area contributed by atoms with Gasteiger partial charge in [-0.05, 0) is 31.2 Å². The molecule has 0 spiro atoms. The highest BCUT2D eigenvalue weighted by Gasteiger charge is 2.34. The molecule has 174 valence electrons. The molecule has 0 fully saturated rings. The topological polar surface area (TPSA) is 117 Å². The molecule has 1 aliphatic heterocycles. The maximum atomic E-state index is 12.8. The molecule has 2 aromatic carbocycles. The Morgan fingerprint density at radius 1 is 1.12 bits per heavy atom. The molecule has 2 aromatic rings. The van der Waals surface area contributed by atoms with Crippen molar-refractivity contribution in [3.8, 4) is 5.75 Å². The van der Waals surface area contributed by atoms with Crippen molar-refractivity contribution in [1.29, 1.82) is 0 Å². The van der Waals surface area contributed by atoms with Crippen LogP contribution in [0.25, 0.3) is 0 Å². The Hall–Kier alpha value is -3.85. The number of hydrogen-bond donors (Lipinski definition) is 3. The lowest BCUT2D eigenvalue weighted by molar-refractivity contribution is -0.136. The minimum Gasteiger partial charge on any atom is -0.492 e.